The van der Waals surface area contributed by atoms with Crippen LogP contribution in [0.1, 0.15) is 22.3 Å². The van der Waals surface area contributed by atoms with E-state index in [0.29, 0.717) is 28.2 Å². The van der Waals surface area contributed by atoms with E-state index in [2.05, 4.69) is 19.9 Å². The van der Waals surface area contributed by atoms with Gasteiger partial charge in [-0.15, -0.1) is 0 Å². The van der Waals surface area contributed by atoms with Crippen LogP contribution in [0.2, 0.25) is 5.15 Å². The molecule has 4 aromatic rings. The second-order valence-electron chi connectivity index (χ2n) is 6.00. The monoisotopic (exact) mass is 370 g/mol. The molecule has 0 aliphatic carbocycles. The molecule has 1 N–H and O–H groups in total. The van der Waals surface area contributed by atoms with E-state index in [1.807, 2.05) is 6.07 Å². The summed E-state index contributed by atoms with van der Waals surface area (Å²) >= 11 is 5.79. The minimum atomic E-state index is -0.540. The third-order valence-corrected chi connectivity index (χ3v) is 4.35. The fourth-order valence-electron chi connectivity index (χ4n) is 2.89. The van der Waals surface area contributed by atoms with Crippen LogP contribution in [-0.4, -0.2) is 19.9 Å². The zero-order chi connectivity index (χ0) is 18.1. The van der Waals surface area contributed by atoms with Gasteiger partial charge in [0.25, 0.3) is 0 Å². The van der Waals surface area contributed by atoms with Gasteiger partial charge in [-0.2, -0.15) is 4.39 Å². The van der Waals surface area contributed by atoms with Crippen molar-refractivity contribution in [2.24, 2.45) is 0 Å². The zero-order valence-electron chi connectivity index (χ0n) is 13.5. The molecule has 0 saturated carbocycles. The Morgan fingerprint density at radius 3 is 2.54 bits per heavy atom. The Balaban J connectivity index is 1.63. The van der Waals surface area contributed by atoms with Crippen molar-refractivity contribution in [3.05, 3.63) is 88.2 Å². The Morgan fingerprint density at radius 1 is 0.885 bits per heavy atom. The van der Waals surface area contributed by atoms with Crippen molar-refractivity contribution in [2.45, 2.75) is 12.8 Å². The van der Waals surface area contributed by atoms with E-state index >= 15 is 0 Å². The third kappa shape index (κ3) is 3.41. The first kappa shape index (κ1) is 16.6. The highest BCUT2D eigenvalue weighted by atomic mass is 35.5. The highest BCUT2D eigenvalue weighted by Gasteiger charge is 2.12. The zero-order valence-corrected chi connectivity index (χ0v) is 14.3. The lowest BCUT2D eigenvalue weighted by Gasteiger charge is -2.06. The van der Waals surface area contributed by atoms with Crippen molar-refractivity contribution in [3.63, 3.8) is 0 Å². The summed E-state index contributed by atoms with van der Waals surface area (Å²) in [4.78, 5) is 14.9. The molecular weight excluding hydrogens is 358 g/mol. The molecule has 0 aromatic carbocycles. The van der Waals surface area contributed by atoms with Crippen molar-refractivity contribution in [2.75, 3.05) is 0 Å². The summed E-state index contributed by atoms with van der Waals surface area (Å²) < 4.78 is 27.7. The first-order valence-electron chi connectivity index (χ1n) is 7.94. The van der Waals surface area contributed by atoms with Gasteiger partial charge < -0.3 is 4.98 Å². The van der Waals surface area contributed by atoms with Gasteiger partial charge in [0, 0.05) is 42.4 Å². The van der Waals surface area contributed by atoms with Gasteiger partial charge >= 0.3 is 0 Å². The standard InChI is InChI=1S/C19H13ClF2N4/c20-17-2-1-11(7-23-17)3-12-4-13(18(22)24-8-12)5-14-9-25-19-16(14)6-15(21)10-26-19/h1-2,4,6-10H,3,5H2,(H,25,26). The lowest BCUT2D eigenvalue weighted by atomic mass is 10.0. The number of aromatic amines is 1. The first-order chi connectivity index (χ1) is 12.6. The first-order valence-corrected chi connectivity index (χ1v) is 8.31. The Bertz CT molecular complexity index is 1080. The number of pyridine rings is 3. The predicted octanol–water partition coefficient (Wildman–Crippen LogP) is 4.47. The Kier molecular flexibility index (Phi) is 4.34. The van der Waals surface area contributed by atoms with E-state index in [0.717, 1.165) is 22.9 Å². The Labute approximate surface area is 152 Å². The Hall–Kier alpha value is -2.86. The summed E-state index contributed by atoms with van der Waals surface area (Å²) in [5.41, 5.74) is 3.58. The lowest BCUT2D eigenvalue weighted by molar-refractivity contribution is 0.569. The van der Waals surface area contributed by atoms with Crippen LogP contribution in [0, 0.1) is 11.8 Å². The normalized spacial score (nSPS) is 11.2. The van der Waals surface area contributed by atoms with Crippen LogP contribution in [0.5, 0.6) is 0 Å². The van der Waals surface area contributed by atoms with Crippen LogP contribution in [0.3, 0.4) is 0 Å². The molecule has 130 valence electrons. The van der Waals surface area contributed by atoms with Crippen LogP contribution in [0.4, 0.5) is 8.78 Å². The van der Waals surface area contributed by atoms with Crippen LogP contribution >= 0.6 is 11.6 Å². The minimum Gasteiger partial charge on any atom is -0.346 e. The molecule has 4 nitrogen and oxygen atoms in total. The molecule has 0 bridgehead atoms. The van der Waals surface area contributed by atoms with E-state index in [1.165, 1.54) is 12.3 Å². The highest BCUT2D eigenvalue weighted by molar-refractivity contribution is 6.29. The van der Waals surface area contributed by atoms with Crippen LogP contribution in [0.15, 0.2) is 49.1 Å². The maximum atomic E-state index is 14.2. The largest absolute Gasteiger partial charge is 0.346 e. The number of H-pyrrole nitrogens is 1. The summed E-state index contributed by atoms with van der Waals surface area (Å²) in [6, 6.07) is 6.74. The number of fused-ring (bicyclic) bond motifs is 1. The molecule has 26 heavy (non-hydrogen) atoms. The number of rotatable bonds is 4. The number of hydrogen-bond donors (Lipinski definition) is 1. The molecule has 0 fully saturated rings. The summed E-state index contributed by atoms with van der Waals surface area (Å²) in [6.07, 6.45) is 6.90. The number of nitrogens with one attached hydrogen (secondary N) is 1. The van der Waals surface area contributed by atoms with Crippen molar-refractivity contribution >= 4 is 22.6 Å². The van der Waals surface area contributed by atoms with Gasteiger partial charge in [0.1, 0.15) is 16.6 Å². The quantitative estimate of drug-likeness (QED) is 0.539. The summed E-state index contributed by atoms with van der Waals surface area (Å²) in [7, 11) is 0. The predicted molar refractivity (Wildman–Crippen MR) is 95.1 cm³/mol. The number of aromatic nitrogens is 4. The molecule has 7 heteroatoms. The average molecular weight is 371 g/mol. The topological polar surface area (TPSA) is 54.5 Å². The molecule has 0 unspecified atom stereocenters. The van der Waals surface area contributed by atoms with Crippen molar-refractivity contribution in [1.82, 2.24) is 19.9 Å². The van der Waals surface area contributed by atoms with E-state index in [4.69, 9.17) is 11.6 Å². The average Bonchev–Trinajstić information content (AvgIpc) is 3.02. The molecule has 4 heterocycles. The highest BCUT2D eigenvalue weighted by Crippen LogP contribution is 2.22. The molecule has 0 spiro atoms. The lowest BCUT2D eigenvalue weighted by Crippen LogP contribution is -1.99. The van der Waals surface area contributed by atoms with Gasteiger partial charge in [-0.3, -0.25) is 0 Å². The summed E-state index contributed by atoms with van der Waals surface area (Å²) in [6.45, 7) is 0. The van der Waals surface area contributed by atoms with Crippen LogP contribution < -0.4 is 0 Å². The molecule has 0 aliphatic heterocycles. The Morgan fingerprint density at radius 2 is 1.73 bits per heavy atom. The molecule has 0 aliphatic rings. The number of halogens is 3. The summed E-state index contributed by atoms with van der Waals surface area (Å²) in [5, 5.41) is 1.06. The molecular formula is C19H13ClF2N4. The number of hydrogen-bond acceptors (Lipinski definition) is 3. The molecule has 4 rings (SSSR count). The molecule has 0 atom stereocenters. The van der Waals surface area contributed by atoms with Crippen molar-refractivity contribution < 1.29 is 8.78 Å². The summed E-state index contributed by atoms with van der Waals surface area (Å²) in [5.74, 6) is -0.970. The van der Waals surface area contributed by atoms with E-state index in [-0.39, 0.29) is 6.42 Å². The van der Waals surface area contributed by atoms with E-state index < -0.39 is 11.8 Å². The maximum absolute atomic E-state index is 14.2. The van der Waals surface area contributed by atoms with Crippen LogP contribution in [0.25, 0.3) is 11.0 Å². The fourth-order valence-corrected chi connectivity index (χ4v) is 3.01. The third-order valence-electron chi connectivity index (χ3n) is 4.13. The van der Waals surface area contributed by atoms with Crippen molar-refractivity contribution in [1.29, 1.82) is 0 Å². The molecule has 4 aromatic heterocycles. The van der Waals surface area contributed by atoms with Gasteiger partial charge in [-0.25, -0.2) is 19.3 Å². The smallest absolute Gasteiger partial charge is 0.216 e. The second-order valence-corrected chi connectivity index (χ2v) is 6.39. The van der Waals surface area contributed by atoms with E-state index in [1.54, 1.807) is 24.5 Å². The van der Waals surface area contributed by atoms with Gasteiger partial charge in [0.05, 0.1) is 6.20 Å². The SMILES string of the molecule is Fc1cnc2[nH]cc(Cc3cc(Cc4ccc(Cl)nc4)cnc3F)c2c1. The maximum Gasteiger partial charge on any atom is 0.216 e. The fraction of sp³-hybridized carbons (Fsp3) is 0.105. The van der Waals surface area contributed by atoms with Crippen molar-refractivity contribution in [3.8, 4) is 0 Å². The second kappa shape index (κ2) is 6.80. The van der Waals surface area contributed by atoms with Gasteiger partial charge in [-0.1, -0.05) is 17.7 Å². The molecule has 0 saturated heterocycles. The van der Waals surface area contributed by atoms with E-state index in [9.17, 15) is 8.78 Å². The van der Waals surface area contributed by atoms with Gasteiger partial charge in [-0.05, 0) is 34.9 Å². The molecule has 0 amide bonds. The van der Waals surface area contributed by atoms with Crippen LogP contribution in [-0.2, 0) is 12.8 Å². The minimum absolute atomic E-state index is 0.288. The number of nitrogens with zero attached hydrogens (tertiary/aromatic N) is 3. The van der Waals surface area contributed by atoms with Gasteiger partial charge in [0.2, 0.25) is 5.95 Å². The molecule has 0 radical (unpaired) electrons. The van der Waals surface area contributed by atoms with Gasteiger partial charge in [0.15, 0.2) is 0 Å².